The van der Waals surface area contributed by atoms with Crippen LogP contribution in [0.25, 0.3) is 0 Å². The van der Waals surface area contributed by atoms with E-state index < -0.39 is 35.7 Å². The number of piperidine rings is 1. The van der Waals surface area contributed by atoms with Crippen molar-refractivity contribution < 1.29 is 31.1 Å². The van der Waals surface area contributed by atoms with E-state index in [2.05, 4.69) is 10.6 Å². The summed E-state index contributed by atoms with van der Waals surface area (Å²) < 4.78 is 76.8. The van der Waals surface area contributed by atoms with Crippen molar-refractivity contribution in [3.63, 3.8) is 0 Å². The normalized spacial score (nSPS) is 22.3. The van der Waals surface area contributed by atoms with Crippen LogP contribution in [0.15, 0.2) is 18.2 Å². The van der Waals surface area contributed by atoms with Crippen molar-refractivity contribution in [3.8, 4) is 0 Å². The van der Waals surface area contributed by atoms with E-state index in [1.54, 1.807) is 0 Å². The van der Waals surface area contributed by atoms with Gasteiger partial charge in [0.25, 0.3) is 0 Å². The fourth-order valence-electron chi connectivity index (χ4n) is 2.64. The molecular formula is C15H16F6N2O. The van der Waals surface area contributed by atoms with Crippen molar-refractivity contribution >= 4 is 11.6 Å². The van der Waals surface area contributed by atoms with Crippen molar-refractivity contribution in [2.75, 3.05) is 18.4 Å². The molecule has 9 heteroatoms. The van der Waals surface area contributed by atoms with Crippen LogP contribution < -0.4 is 10.6 Å². The van der Waals surface area contributed by atoms with Crippen LogP contribution in [0.1, 0.15) is 17.5 Å². The zero-order valence-electron chi connectivity index (χ0n) is 12.7. The highest BCUT2D eigenvalue weighted by Crippen LogP contribution is 2.35. The van der Waals surface area contributed by atoms with E-state index in [1.165, 1.54) is 19.1 Å². The number of nitrogens with one attached hydrogen (secondary N) is 2. The zero-order chi connectivity index (χ0) is 18.1. The van der Waals surface area contributed by atoms with E-state index in [-0.39, 0.29) is 30.8 Å². The third-order valence-corrected chi connectivity index (χ3v) is 3.99. The monoisotopic (exact) mass is 354 g/mol. The Morgan fingerprint density at radius 3 is 2.42 bits per heavy atom. The molecule has 1 saturated heterocycles. The number of carbonyl (C=O) groups is 1. The number of carbonyl (C=O) groups excluding carboxylic acids is 1. The zero-order valence-corrected chi connectivity index (χ0v) is 12.7. The number of hydrogen-bond donors (Lipinski definition) is 2. The quantitative estimate of drug-likeness (QED) is 0.795. The Labute approximate surface area is 134 Å². The molecule has 3 nitrogen and oxygen atoms in total. The second-order valence-corrected chi connectivity index (χ2v) is 5.85. The summed E-state index contributed by atoms with van der Waals surface area (Å²) >= 11 is 0. The molecule has 0 aliphatic carbocycles. The Kier molecular flexibility index (Phi) is 5.12. The molecule has 2 N–H and O–H groups in total. The predicted molar refractivity (Wildman–Crippen MR) is 75.3 cm³/mol. The minimum absolute atomic E-state index is 0.00281. The molecule has 0 bridgehead atoms. The van der Waals surface area contributed by atoms with Gasteiger partial charge in [0.05, 0.1) is 17.4 Å². The average molecular weight is 354 g/mol. The van der Waals surface area contributed by atoms with Crippen LogP contribution >= 0.6 is 0 Å². The van der Waals surface area contributed by atoms with Gasteiger partial charge in [-0.1, -0.05) is 6.07 Å². The Hall–Kier alpha value is -1.77. The molecule has 2 rings (SSSR count). The van der Waals surface area contributed by atoms with Gasteiger partial charge < -0.3 is 10.6 Å². The van der Waals surface area contributed by atoms with Gasteiger partial charge in [-0.15, -0.1) is 0 Å². The number of alkyl halides is 6. The third kappa shape index (κ3) is 4.40. The number of amides is 1. The first-order chi connectivity index (χ1) is 11.0. The maximum absolute atomic E-state index is 12.9. The summed E-state index contributed by atoms with van der Waals surface area (Å²) in [6, 6.07) is 3.28. The van der Waals surface area contributed by atoms with E-state index in [4.69, 9.17) is 0 Å². The molecule has 1 aromatic rings. The molecule has 1 heterocycles. The Morgan fingerprint density at radius 2 is 1.83 bits per heavy atom. The minimum Gasteiger partial charge on any atom is -0.326 e. The second-order valence-electron chi connectivity index (χ2n) is 5.85. The molecule has 2 atom stereocenters. The van der Waals surface area contributed by atoms with E-state index in [0.717, 1.165) is 6.07 Å². The van der Waals surface area contributed by atoms with Crippen LogP contribution in [-0.4, -0.2) is 25.2 Å². The first-order valence-corrected chi connectivity index (χ1v) is 7.24. The van der Waals surface area contributed by atoms with Gasteiger partial charge in [0.1, 0.15) is 0 Å². The molecule has 1 aliphatic heterocycles. The highest BCUT2D eigenvalue weighted by molar-refractivity contribution is 5.93. The summed E-state index contributed by atoms with van der Waals surface area (Å²) in [5, 5.41) is 4.82. The van der Waals surface area contributed by atoms with Gasteiger partial charge in [0.15, 0.2) is 0 Å². The van der Waals surface area contributed by atoms with E-state index in [1.807, 2.05) is 0 Å². The number of halogens is 6. The molecule has 0 saturated carbocycles. The van der Waals surface area contributed by atoms with Gasteiger partial charge in [0.2, 0.25) is 5.91 Å². The van der Waals surface area contributed by atoms with Crippen molar-refractivity contribution in [2.24, 2.45) is 11.8 Å². The lowest BCUT2D eigenvalue weighted by Crippen LogP contribution is -2.46. The number of aryl methyl sites for hydroxylation is 1. The first-order valence-electron chi connectivity index (χ1n) is 7.24. The van der Waals surface area contributed by atoms with Gasteiger partial charge in [-0.2, -0.15) is 26.3 Å². The lowest BCUT2D eigenvalue weighted by Gasteiger charge is -2.30. The molecule has 0 aromatic heterocycles. The minimum atomic E-state index is -4.57. The molecule has 1 aromatic carbocycles. The van der Waals surface area contributed by atoms with Crippen LogP contribution in [0, 0.1) is 18.8 Å². The van der Waals surface area contributed by atoms with Crippen molar-refractivity contribution in [1.29, 1.82) is 0 Å². The fourth-order valence-corrected chi connectivity index (χ4v) is 2.64. The van der Waals surface area contributed by atoms with Crippen LogP contribution in [0.2, 0.25) is 0 Å². The summed E-state index contributed by atoms with van der Waals surface area (Å²) in [4.78, 5) is 12.1. The molecule has 2 unspecified atom stereocenters. The van der Waals surface area contributed by atoms with Crippen LogP contribution in [0.3, 0.4) is 0 Å². The molecule has 1 fully saturated rings. The van der Waals surface area contributed by atoms with Crippen molar-refractivity contribution in [2.45, 2.75) is 25.7 Å². The van der Waals surface area contributed by atoms with Crippen LogP contribution in [-0.2, 0) is 11.0 Å². The second kappa shape index (κ2) is 6.62. The van der Waals surface area contributed by atoms with Crippen LogP contribution in [0.5, 0.6) is 0 Å². The Morgan fingerprint density at radius 1 is 1.17 bits per heavy atom. The first kappa shape index (κ1) is 18.6. The number of benzene rings is 1. The summed E-state index contributed by atoms with van der Waals surface area (Å²) in [6.07, 6.45) is -9.38. The van der Waals surface area contributed by atoms with Crippen LogP contribution in [0.4, 0.5) is 32.0 Å². The maximum Gasteiger partial charge on any atom is 0.416 e. The summed E-state index contributed by atoms with van der Waals surface area (Å²) in [6.45, 7) is 1.07. The van der Waals surface area contributed by atoms with Gasteiger partial charge in [-0.3, -0.25) is 4.79 Å². The maximum atomic E-state index is 12.9. The topological polar surface area (TPSA) is 41.1 Å². The van der Waals surface area contributed by atoms with Gasteiger partial charge in [-0.05, 0) is 31.0 Å². The third-order valence-electron chi connectivity index (χ3n) is 3.99. The molecule has 24 heavy (non-hydrogen) atoms. The van der Waals surface area contributed by atoms with Gasteiger partial charge in [-0.25, -0.2) is 0 Å². The lowest BCUT2D eigenvalue weighted by atomic mass is 9.89. The largest absolute Gasteiger partial charge is 0.416 e. The molecule has 1 aliphatic rings. The van der Waals surface area contributed by atoms with E-state index in [0.29, 0.717) is 0 Å². The van der Waals surface area contributed by atoms with Gasteiger partial charge >= 0.3 is 12.4 Å². The highest BCUT2D eigenvalue weighted by Gasteiger charge is 2.43. The molecule has 0 radical (unpaired) electrons. The van der Waals surface area contributed by atoms with E-state index >= 15 is 0 Å². The van der Waals surface area contributed by atoms with Crippen molar-refractivity contribution in [1.82, 2.24) is 5.32 Å². The summed E-state index contributed by atoms with van der Waals surface area (Å²) in [7, 11) is 0. The Balaban J connectivity index is 2.10. The standard InChI is InChI=1S/C15H16F6N2O/c1-8-2-3-11(5-12(8)15(19,20)21)23-13(24)9-4-10(7-22-6-9)14(16,17)18/h2-3,5,9-10,22H,4,6-7H2,1H3,(H,23,24). The van der Waals surface area contributed by atoms with Gasteiger partial charge in [0, 0.05) is 18.8 Å². The average Bonchev–Trinajstić information content (AvgIpc) is 2.47. The lowest BCUT2D eigenvalue weighted by molar-refractivity contribution is -0.181. The molecule has 1 amide bonds. The smallest absolute Gasteiger partial charge is 0.326 e. The molecule has 134 valence electrons. The molecule has 0 spiro atoms. The number of rotatable bonds is 2. The molecular weight excluding hydrogens is 338 g/mol. The summed E-state index contributed by atoms with van der Waals surface area (Å²) in [5.74, 6) is -3.33. The SMILES string of the molecule is Cc1ccc(NC(=O)C2CNCC(C(F)(F)F)C2)cc1C(F)(F)F. The predicted octanol–water partition coefficient (Wildman–Crippen LogP) is 3.74. The summed E-state index contributed by atoms with van der Waals surface area (Å²) in [5.41, 5.74) is -0.987. The fraction of sp³-hybridized carbons (Fsp3) is 0.533. The highest BCUT2D eigenvalue weighted by atomic mass is 19.4. The number of hydrogen-bond acceptors (Lipinski definition) is 2. The van der Waals surface area contributed by atoms with Crippen molar-refractivity contribution in [3.05, 3.63) is 29.3 Å². The van der Waals surface area contributed by atoms with E-state index in [9.17, 15) is 31.1 Å². The number of anilines is 1. The Bertz CT molecular complexity index is 611.